The average molecular weight is 196 g/mol. The third kappa shape index (κ3) is 1.68. The molecule has 1 aromatic carbocycles. The van der Waals surface area contributed by atoms with Gasteiger partial charge < -0.3 is 4.74 Å². The Bertz CT molecular complexity index is 389. The van der Waals surface area contributed by atoms with Crippen molar-refractivity contribution in [2.75, 3.05) is 7.11 Å². The van der Waals surface area contributed by atoms with Crippen LogP contribution in [0.3, 0.4) is 0 Å². The van der Waals surface area contributed by atoms with Crippen LogP contribution in [0.4, 0.5) is 11.4 Å². The molecule has 0 amide bonds. The molecule has 1 rings (SSSR count). The fraction of sp³-hybridized carbons (Fsp3) is 0.250. The van der Waals surface area contributed by atoms with Crippen LogP contribution in [-0.4, -0.2) is 12.0 Å². The molecule has 6 nitrogen and oxygen atoms in total. The molecule has 0 heterocycles. The molecule has 1 aromatic rings. The second-order valence-corrected chi connectivity index (χ2v) is 2.66. The minimum atomic E-state index is -0.566. The molecule has 6 heteroatoms. The number of hydrogen-bond donors (Lipinski definition) is 0. The lowest BCUT2D eigenvalue weighted by Gasteiger charge is -2.03. The number of nitroso groups, excluding NO2 is 1. The highest BCUT2D eigenvalue weighted by Gasteiger charge is 2.15. The van der Waals surface area contributed by atoms with Gasteiger partial charge in [-0.15, -0.1) is 4.91 Å². The van der Waals surface area contributed by atoms with Crippen LogP contribution in [0.1, 0.15) is 5.56 Å². The zero-order valence-corrected chi connectivity index (χ0v) is 7.68. The van der Waals surface area contributed by atoms with Crippen LogP contribution in [0.5, 0.6) is 5.75 Å². The molecule has 0 bridgehead atoms. The number of benzene rings is 1. The third-order valence-electron chi connectivity index (χ3n) is 1.79. The monoisotopic (exact) mass is 196 g/mol. The molecule has 14 heavy (non-hydrogen) atoms. The van der Waals surface area contributed by atoms with Gasteiger partial charge in [-0.05, 0) is 18.2 Å². The Hall–Kier alpha value is -1.98. The summed E-state index contributed by atoms with van der Waals surface area (Å²) in [6.07, 6.45) is 0. The Morgan fingerprint density at radius 3 is 2.57 bits per heavy atom. The highest BCUT2D eigenvalue weighted by Crippen LogP contribution is 2.33. The molecule has 0 N–H and O–H groups in total. The molecular formula is C8H8N2O4. The first-order valence-corrected chi connectivity index (χ1v) is 3.76. The number of hydrogen-bond acceptors (Lipinski definition) is 5. The highest BCUT2D eigenvalue weighted by atomic mass is 16.6. The van der Waals surface area contributed by atoms with Crippen LogP contribution in [-0.2, 0) is 0 Å². The van der Waals surface area contributed by atoms with Gasteiger partial charge in [-0.3, -0.25) is 10.1 Å². The van der Waals surface area contributed by atoms with E-state index in [0.29, 0.717) is 5.56 Å². The Balaban J connectivity index is 3.37. The Morgan fingerprint density at radius 1 is 1.50 bits per heavy atom. The van der Waals surface area contributed by atoms with Crippen LogP contribution < -0.4 is 4.74 Å². The number of aryl methyl sites for hydroxylation is 1. The second kappa shape index (κ2) is 3.82. The maximum absolute atomic E-state index is 10.5. The van der Waals surface area contributed by atoms with Gasteiger partial charge in [0.1, 0.15) is 5.75 Å². The molecule has 0 fully saturated rings. The first-order valence-electron chi connectivity index (χ1n) is 3.76. The highest BCUT2D eigenvalue weighted by molar-refractivity contribution is 5.60. The predicted octanol–water partition coefficient (Wildman–Crippen LogP) is 2.31. The number of methoxy groups -OCH3 is 1. The average Bonchev–Trinajstić information content (AvgIpc) is 2.16. The Morgan fingerprint density at radius 2 is 2.14 bits per heavy atom. The largest absolute Gasteiger partial charge is 0.494 e. The summed E-state index contributed by atoms with van der Waals surface area (Å²) in [6.45, 7) is 1.56. The van der Waals surface area contributed by atoms with Crippen molar-refractivity contribution in [1.29, 1.82) is 0 Å². The molecule has 0 aliphatic heterocycles. The SMILES string of the molecule is COc1cc(C)c([N+](=O)[O-])cc1N=O. The van der Waals surface area contributed by atoms with Crippen molar-refractivity contribution in [2.24, 2.45) is 5.18 Å². The number of ether oxygens (including phenoxy) is 1. The van der Waals surface area contributed by atoms with E-state index >= 15 is 0 Å². The molecule has 0 spiro atoms. The standard InChI is InChI=1S/C8H8N2O4/c1-5-3-8(14-2)6(9-11)4-7(5)10(12)13/h3-4H,1-2H3. The molecule has 0 aromatic heterocycles. The number of nitro groups is 1. The minimum absolute atomic E-state index is 0.0650. The smallest absolute Gasteiger partial charge is 0.274 e. The van der Waals surface area contributed by atoms with Crippen molar-refractivity contribution in [2.45, 2.75) is 6.92 Å². The zero-order valence-electron chi connectivity index (χ0n) is 7.68. The Kier molecular flexibility index (Phi) is 2.76. The molecule has 0 saturated carbocycles. The first kappa shape index (κ1) is 10.1. The zero-order chi connectivity index (χ0) is 10.7. The van der Waals surface area contributed by atoms with Crippen LogP contribution in [0, 0.1) is 21.9 Å². The molecule has 0 radical (unpaired) electrons. The van der Waals surface area contributed by atoms with Crippen molar-refractivity contribution in [1.82, 2.24) is 0 Å². The fourth-order valence-electron chi connectivity index (χ4n) is 1.09. The summed E-state index contributed by atoms with van der Waals surface area (Å²) >= 11 is 0. The first-order chi connectivity index (χ1) is 6.60. The Labute approximate surface area is 79.6 Å². The van der Waals surface area contributed by atoms with E-state index in [2.05, 4.69) is 5.18 Å². The molecule has 74 valence electrons. The van der Waals surface area contributed by atoms with Gasteiger partial charge in [0.2, 0.25) is 0 Å². The van der Waals surface area contributed by atoms with Gasteiger partial charge in [0.05, 0.1) is 12.0 Å². The van der Waals surface area contributed by atoms with Crippen molar-refractivity contribution in [3.8, 4) is 5.75 Å². The lowest BCUT2D eigenvalue weighted by atomic mass is 10.1. The van der Waals surface area contributed by atoms with E-state index in [1.807, 2.05) is 0 Å². The van der Waals surface area contributed by atoms with E-state index in [4.69, 9.17) is 4.74 Å². The summed E-state index contributed by atoms with van der Waals surface area (Å²) in [6, 6.07) is 2.51. The van der Waals surface area contributed by atoms with Crippen LogP contribution >= 0.6 is 0 Å². The van der Waals surface area contributed by atoms with Crippen LogP contribution in [0.25, 0.3) is 0 Å². The van der Waals surface area contributed by atoms with E-state index in [-0.39, 0.29) is 17.1 Å². The van der Waals surface area contributed by atoms with Gasteiger partial charge in [-0.25, -0.2) is 0 Å². The lowest BCUT2D eigenvalue weighted by molar-refractivity contribution is -0.385. The number of nitro benzene ring substituents is 1. The van der Waals surface area contributed by atoms with E-state index in [9.17, 15) is 15.0 Å². The number of rotatable bonds is 3. The summed E-state index contributed by atoms with van der Waals surface area (Å²) < 4.78 is 4.84. The number of nitrogens with zero attached hydrogens (tertiary/aromatic N) is 2. The molecule has 0 unspecified atom stereocenters. The normalized spacial score (nSPS) is 9.57. The maximum atomic E-state index is 10.5. The van der Waals surface area contributed by atoms with E-state index in [1.54, 1.807) is 6.92 Å². The van der Waals surface area contributed by atoms with Gasteiger partial charge in [0, 0.05) is 11.6 Å². The summed E-state index contributed by atoms with van der Waals surface area (Å²) in [7, 11) is 1.37. The van der Waals surface area contributed by atoms with E-state index < -0.39 is 4.92 Å². The second-order valence-electron chi connectivity index (χ2n) is 2.66. The molecular weight excluding hydrogens is 188 g/mol. The predicted molar refractivity (Wildman–Crippen MR) is 49.8 cm³/mol. The van der Waals surface area contributed by atoms with Crippen molar-refractivity contribution in [3.05, 3.63) is 32.7 Å². The third-order valence-corrected chi connectivity index (χ3v) is 1.79. The summed E-state index contributed by atoms with van der Waals surface area (Å²) in [5.41, 5.74) is 0.226. The lowest BCUT2D eigenvalue weighted by Crippen LogP contribution is -1.93. The van der Waals surface area contributed by atoms with Crippen molar-refractivity contribution < 1.29 is 9.66 Å². The molecule has 0 aliphatic rings. The van der Waals surface area contributed by atoms with Crippen LogP contribution in [0.2, 0.25) is 0 Å². The maximum Gasteiger partial charge on any atom is 0.274 e. The van der Waals surface area contributed by atoms with Gasteiger partial charge >= 0.3 is 0 Å². The van der Waals surface area contributed by atoms with Gasteiger partial charge in [0.15, 0.2) is 5.69 Å². The molecule has 0 atom stereocenters. The summed E-state index contributed by atoms with van der Waals surface area (Å²) in [5.74, 6) is 0.239. The van der Waals surface area contributed by atoms with E-state index in [0.717, 1.165) is 6.07 Å². The summed E-state index contributed by atoms with van der Waals surface area (Å²) in [4.78, 5) is 20.3. The van der Waals surface area contributed by atoms with Crippen molar-refractivity contribution in [3.63, 3.8) is 0 Å². The van der Waals surface area contributed by atoms with Crippen molar-refractivity contribution >= 4 is 11.4 Å². The quantitative estimate of drug-likeness (QED) is 0.422. The van der Waals surface area contributed by atoms with E-state index in [1.165, 1.54) is 13.2 Å². The molecule has 0 saturated heterocycles. The minimum Gasteiger partial charge on any atom is -0.494 e. The van der Waals surface area contributed by atoms with Gasteiger partial charge in [-0.1, -0.05) is 0 Å². The fourth-order valence-corrected chi connectivity index (χ4v) is 1.09. The van der Waals surface area contributed by atoms with Crippen LogP contribution in [0.15, 0.2) is 17.3 Å². The van der Waals surface area contributed by atoms with Gasteiger partial charge in [-0.2, -0.15) is 0 Å². The summed E-state index contributed by atoms with van der Waals surface area (Å²) in [5, 5.41) is 13.2. The molecule has 0 aliphatic carbocycles. The van der Waals surface area contributed by atoms with Gasteiger partial charge in [0.25, 0.3) is 5.69 Å². The topological polar surface area (TPSA) is 81.8 Å².